The quantitative estimate of drug-likeness (QED) is 0.255. The molecule has 36 heavy (non-hydrogen) atoms. The van der Waals surface area contributed by atoms with Gasteiger partial charge in [-0.3, -0.25) is 0 Å². The van der Waals surface area contributed by atoms with Crippen LogP contribution in [0.25, 0.3) is 11.1 Å². The first-order chi connectivity index (χ1) is 17.5. The molecule has 1 aliphatic rings. The number of hydrogen-bond donors (Lipinski definition) is 0. The summed E-state index contributed by atoms with van der Waals surface area (Å²) >= 11 is 0. The number of ether oxygens (including phenoxy) is 1. The van der Waals surface area contributed by atoms with Crippen molar-refractivity contribution >= 4 is 0 Å². The molecule has 3 aromatic carbocycles. The molecule has 1 saturated carbocycles. The summed E-state index contributed by atoms with van der Waals surface area (Å²) in [7, 11) is 0. The van der Waals surface area contributed by atoms with E-state index in [0.29, 0.717) is 41.4 Å². The Hall–Kier alpha value is -2.75. The van der Waals surface area contributed by atoms with E-state index in [4.69, 9.17) is 4.74 Å². The highest BCUT2D eigenvalue weighted by atomic mass is 19.2. The number of aryl methyl sites for hydroxylation is 2. The van der Waals surface area contributed by atoms with Gasteiger partial charge in [0.15, 0.2) is 11.6 Å². The van der Waals surface area contributed by atoms with Crippen LogP contribution in [-0.2, 0) is 6.42 Å². The van der Waals surface area contributed by atoms with Crippen LogP contribution >= 0.6 is 0 Å². The molecule has 0 N–H and O–H groups in total. The van der Waals surface area contributed by atoms with Crippen LogP contribution in [0.15, 0.2) is 54.6 Å². The van der Waals surface area contributed by atoms with Gasteiger partial charge >= 0.3 is 0 Å². The number of benzene rings is 3. The van der Waals surface area contributed by atoms with E-state index in [-0.39, 0.29) is 11.7 Å². The predicted molar refractivity (Wildman–Crippen MR) is 141 cm³/mol. The van der Waals surface area contributed by atoms with Crippen LogP contribution in [0.1, 0.15) is 80.9 Å². The van der Waals surface area contributed by atoms with Crippen molar-refractivity contribution in [2.45, 2.75) is 77.6 Å². The fraction of sp³-hybridized carbons (Fsp3) is 0.438. The fourth-order valence-electron chi connectivity index (χ4n) is 5.33. The molecule has 0 spiro atoms. The standard InChI is InChI=1S/C32H37F3O/c1-3-4-5-20-36-27-17-19-28(30(33)21-27)24-13-8-23(9-14-24)10-15-26-16-18-29(32(35)31(26)34)25-11-6-22(2)7-12-25/h6-7,11-12,16-19,21,23-24H,3-5,8-10,13-15,20H2,1-2H3. The zero-order chi connectivity index (χ0) is 25.5. The van der Waals surface area contributed by atoms with Crippen molar-refractivity contribution in [1.82, 2.24) is 0 Å². The lowest BCUT2D eigenvalue weighted by Gasteiger charge is -2.29. The van der Waals surface area contributed by atoms with Gasteiger partial charge in [0, 0.05) is 11.6 Å². The van der Waals surface area contributed by atoms with E-state index >= 15 is 0 Å². The van der Waals surface area contributed by atoms with Gasteiger partial charge < -0.3 is 4.74 Å². The maximum Gasteiger partial charge on any atom is 0.166 e. The van der Waals surface area contributed by atoms with E-state index in [9.17, 15) is 13.2 Å². The lowest BCUT2D eigenvalue weighted by molar-refractivity contribution is 0.298. The molecule has 1 aliphatic carbocycles. The minimum Gasteiger partial charge on any atom is -0.493 e. The second-order valence-electron chi connectivity index (χ2n) is 10.3. The Morgan fingerprint density at radius 1 is 0.833 bits per heavy atom. The Kier molecular flexibility index (Phi) is 9.12. The van der Waals surface area contributed by atoms with E-state index in [1.807, 2.05) is 43.3 Å². The molecule has 3 aromatic rings. The Bertz CT molecular complexity index is 1130. The van der Waals surface area contributed by atoms with Crippen LogP contribution in [0.3, 0.4) is 0 Å². The van der Waals surface area contributed by atoms with Gasteiger partial charge in [0.05, 0.1) is 6.61 Å². The summed E-state index contributed by atoms with van der Waals surface area (Å²) in [5.74, 6) is -0.432. The van der Waals surface area contributed by atoms with Crippen LogP contribution < -0.4 is 4.74 Å². The molecule has 1 nitrogen and oxygen atoms in total. The molecular formula is C32H37F3O. The first-order valence-electron chi connectivity index (χ1n) is 13.4. The largest absolute Gasteiger partial charge is 0.493 e. The van der Waals surface area contributed by atoms with Crippen molar-refractivity contribution in [1.29, 1.82) is 0 Å². The van der Waals surface area contributed by atoms with Crippen LogP contribution in [0, 0.1) is 30.3 Å². The summed E-state index contributed by atoms with van der Waals surface area (Å²) < 4.78 is 50.1. The van der Waals surface area contributed by atoms with Gasteiger partial charge in [0.1, 0.15) is 11.6 Å². The topological polar surface area (TPSA) is 9.23 Å². The van der Waals surface area contributed by atoms with Crippen molar-refractivity contribution in [3.63, 3.8) is 0 Å². The maximum atomic E-state index is 14.8. The summed E-state index contributed by atoms with van der Waals surface area (Å²) in [6.45, 7) is 4.73. The van der Waals surface area contributed by atoms with Gasteiger partial charge in [-0.05, 0) is 86.5 Å². The number of halogens is 3. The van der Waals surface area contributed by atoms with Gasteiger partial charge in [0.25, 0.3) is 0 Å². The van der Waals surface area contributed by atoms with Gasteiger partial charge in [-0.1, -0.05) is 67.8 Å². The molecule has 4 heteroatoms. The molecule has 0 aliphatic heterocycles. The Labute approximate surface area is 213 Å². The SMILES string of the molecule is CCCCCOc1ccc(C2CCC(CCc3ccc(-c4ccc(C)cc4)c(F)c3F)CC2)c(F)c1. The second-order valence-corrected chi connectivity index (χ2v) is 10.3. The fourth-order valence-corrected chi connectivity index (χ4v) is 5.33. The van der Waals surface area contributed by atoms with Crippen molar-refractivity contribution < 1.29 is 17.9 Å². The molecule has 1 fully saturated rings. The Balaban J connectivity index is 1.29. The maximum absolute atomic E-state index is 14.8. The highest BCUT2D eigenvalue weighted by molar-refractivity contribution is 5.65. The molecule has 0 amide bonds. The minimum atomic E-state index is -0.770. The monoisotopic (exact) mass is 494 g/mol. The molecule has 0 atom stereocenters. The summed E-state index contributed by atoms with van der Waals surface area (Å²) in [6.07, 6.45) is 8.36. The van der Waals surface area contributed by atoms with Gasteiger partial charge in [-0.25, -0.2) is 13.2 Å². The lowest BCUT2D eigenvalue weighted by atomic mass is 9.76. The molecule has 0 unspecified atom stereocenters. The Morgan fingerprint density at radius 3 is 2.28 bits per heavy atom. The van der Waals surface area contributed by atoms with Gasteiger partial charge in [-0.2, -0.15) is 0 Å². The van der Waals surface area contributed by atoms with Crippen molar-refractivity contribution in [2.24, 2.45) is 5.92 Å². The molecule has 0 saturated heterocycles. The number of unbranched alkanes of at least 4 members (excludes halogenated alkanes) is 2. The lowest BCUT2D eigenvalue weighted by Crippen LogP contribution is -2.15. The van der Waals surface area contributed by atoms with Gasteiger partial charge in [0.2, 0.25) is 0 Å². The predicted octanol–water partition coefficient (Wildman–Crippen LogP) is 9.55. The molecule has 192 valence electrons. The summed E-state index contributed by atoms with van der Waals surface area (Å²) in [5, 5.41) is 0. The van der Waals surface area contributed by atoms with E-state index < -0.39 is 11.6 Å². The zero-order valence-electron chi connectivity index (χ0n) is 21.5. The summed E-state index contributed by atoms with van der Waals surface area (Å²) in [4.78, 5) is 0. The van der Waals surface area contributed by atoms with Crippen LogP contribution in [0.4, 0.5) is 13.2 Å². The van der Waals surface area contributed by atoms with E-state index in [1.54, 1.807) is 12.1 Å². The van der Waals surface area contributed by atoms with E-state index in [0.717, 1.165) is 62.5 Å². The molecule has 0 bridgehead atoms. The third-order valence-corrected chi connectivity index (χ3v) is 7.62. The van der Waals surface area contributed by atoms with Crippen LogP contribution in [-0.4, -0.2) is 6.61 Å². The highest BCUT2D eigenvalue weighted by Crippen LogP contribution is 2.39. The molecule has 0 aromatic heterocycles. The second kappa shape index (κ2) is 12.5. The van der Waals surface area contributed by atoms with Crippen LogP contribution in [0.2, 0.25) is 0 Å². The first-order valence-corrected chi connectivity index (χ1v) is 13.4. The number of rotatable bonds is 10. The van der Waals surface area contributed by atoms with Gasteiger partial charge in [-0.15, -0.1) is 0 Å². The number of hydrogen-bond acceptors (Lipinski definition) is 1. The smallest absolute Gasteiger partial charge is 0.166 e. The third-order valence-electron chi connectivity index (χ3n) is 7.62. The third kappa shape index (κ3) is 6.52. The average Bonchev–Trinajstić information content (AvgIpc) is 2.89. The summed E-state index contributed by atoms with van der Waals surface area (Å²) in [5.41, 5.74) is 3.28. The van der Waals surface area contributed by atoms with E-state index in [1.165, 1.54) is 6.07 Å². The van der Waals surface area contributed by atoms with Crippen molar-refractivity contribution in [3.8, 4) is 16.9 Å². The summed E-state index contributed by atoms with van der Waals surface area (Å²) in [6, 6.07) is 16.1. The van der Waals surface area contributed by atoms with Crippen molar-refractivity contribution in [3.05, 3.63) is 88.7 Å². The zero-order valence-corrected chi connectivity index (χ0v) is 21.5. The molecule has 0 heterocycles. The normalized spacial score (nSPS) is 17.8. The van der Waals surface area contributed by atoms with Crippen molar-refractivity contribution in [2.75, 3.05) is 6.61 Å². The van der Waals surface area contributed by atoms with Crippen LogP contribution in [0.5, 0.6) is 5.75 Å². The Morgan fingerprint density at radius 2 is 1.58 bits per heavy atom. The highest BCUT2D eigenvalue weighted by Gasteiger charge is 2.25. The molecular weight excluding hydrogens is 457 g/mol. The first kappa shape index (κ1) is 26.3. The van der Waals surface area contributed by atoms with E-state index in [2.05, 4.69) is 6.92 Å². The average molecular weight is 495 g/mol. The minimum absolute atomic E-state index is 0.183. The molecule has 0 radical (unpaired) electrons. The molecule has 4 rings (SSSR count).